The van der Waals surface area contributed by atoms with Gasteiger partial charge in [0.05, 0.1) is 4.90 Å². The summed E-state index contributed by atoms with van der Waals surface area (Å²) in [6.07, 6.45) is 1.77. The molecule has 0 aliphatic heterocycles. The van der Waals surface area contributed by atoms with E-state index in [2.05, 4.69) is 35.6 Å². The summed E-state index contributed by atoms with van der Waals surface area (Å²) >= 11 is 3.30. The van der Waals surface area contributed by atoms with Crippen LogP contribution in [0, 0.1) is 5.82 Å². The van der Waals surface area contributed by atoms with E-state index in [1.807, 2.05) is 6.92 Å². The Balaban J connectivity index is 1.54. The number of rotatable bonds is 10. The van der Waals surface area contributed by atoms with Crippen molar-refractivity contribution in [3.8, 4) is 0 Å². The number of nitrogens with one attached hydrogen (secondary N) is 3. The number of aryl methyl sites for hydroxylation is 1. The van der Waals surface area contributed by atoms with E-state index < -0.39 is 27.2 Å². The molecule has 0 aliphatic rings. The van der Waals surface area contributed by atoms with Crippen LogP contribution < -0.4 is 16.0 Å². The van der Waals surface area contributed by atoms with Crippen molar-refractivity contribution < 1.29 is 12.8 Å². The van der Waals surface area contributed by atoms with E-state index in [1.54, 1.807) is 54.6 Å². The van der Waals surface area contributed by atoms with Crippen LogP contribution in [0.3, 0.4) is 0 Å². The van der Waals surface area contributed by atoms with E-state index in [4.69, 9.17) is 0 Å². The van der Waals surface area contributed by atoms with Crippen molar-refractivity contribution in [1.29, 1.82) is 0 Å². The molecule has 0 saturated carbocycles. The van der Waals surface area contributed by atoms with Crippen molar-refractivity contribution in [2.24, 2.45) is 0 Å². The van der Waals surface area contributed by atoms with Gasteiger partial charge in [0.2, 0.25) is 0 Å². The minimum Gasteiger partial charge on any atom is -0.336 e. The zero-order valence-electron chi connectivity index (χ0n) is 22.0. The molecule has 0 aliphatic carbocycles. The Morgan fingerprint density at radius 3 is 2.39 bits per heavy atom. The Morgan fingerprint density at radius 1 is 1.00 bits per heavy atom. The zero-order chi connectivity index (χ0) is 29.1. The quantitative estimate of drug-likeness (QED) is 0.191. The van der Waals surface area contributed by atoms with Crippen molar-refractivity contribution in [3.05, 3.63) is 121 Å². The number of unbranched alkanes of at least 4 members (excludes halogenated alkanes) is 1. The van der Waals surface area contributed by atoms with Crippen LogP contribution in [0.1, 0.15) is 42.6 Å². The molecule has 5 aromatic rings. The third-order valence-corrected chi connectivity index (χ3v) is 8.71. The van der Waals surface area contributed by atoms with Crippen molar-refractivity contribution in [3.63, 3.8) is 0 Å². The summed E-state index contributed by atoms with van der Waals surface area (Å²) in [5, 5.41) is 0. The minimum atomic E-state index is -3.82. The van der Waals surface area contributed by atoms with E-state index in [0.29, 0.717) is 29.2 Å². The third kappa shape index (κ3) is 6.18. The molecule has 0 fully saturated rings. The van der Waals surface area contributed by atoms with Crippen molar-refractivity contribution in [1.82, 2.24) is 19.5 Å². The lowest BCUT2D eigenvalue weighted by Crippen LogP contribution is -2.30. The SMILES string of the molecule is CCCCn1c(=O)[nH]c(=O)c2[nH]c(C(Cc3ccccc3F)c3ccc(NS(=O)(=O)c4ccc(Br)cc4)cc3)nc21. The van der Waals surface area contributed by atoms with Crippen molar-refractivity contribution >= 4 is 42.8 Å². The predicted molar refractivity (Wildman–Crippen MR) is 159 cm³/mol. The summed E-state index contributed by atoms with van der Waals surface area (Å²) in [6.45, 7) is 2.38. The molecule has 0 bridgehead atoms. The number of aromatic nitrogens is 4. The molecule has 0 amide bonds. The maximum Gasteiger partial charge on any atom is 0.330 e. The summed E-state index contributed by atoms with van der Waals surface area (Å²) in [4.78, 5) is 35.4. The Bertz CT molecular complexity index is 1920. The van der Waals surface area contributed by atoms with Gasteiger partial charge in [-0.05, 0) is 66.4 Å². The molecule has 0 saturated heterocycles. The first-order valence-corrected chi connectivity index (χ1v) is 15.3. The van der Waals surface area contributed by atoms with Crippen LogP contribution in [-0.2, 0) is 23.0 Å². The van der Waals surface area contributed by atoms with Crippen molar-refractivity contribution in [2.75, 3.05) is 4.72 Å². The molecular formula is C29H27BrFN5O4S. The van der Waals surface area contributed by atoms with Gasteiger partial charge in [0.1, 0.15) is 17.2 Å². The monoisotopic (exact) mass is 639 g/mol. The van der Waals surface area contributed by atoms with E-state index in [1.165, 1.54) is 22.8 Å². The number of hydrogen-bond acceptors (Lipinski definition) is 5. The number of hydrogen-bond donors (Lipinski definition) is 3. The number of benzene rings is 3. The maximum absolute atomic E-state index is 14.7. The van der Waals surface area contributed by atoms with E-state index in [-0.39, 0.29) is 28.3 Å². The number of nitrogens with zero attached hydrogens (tertiary/aromatic N) is 2. The topological polar surface area (TPSA) is 130 Å². The Labute approximate surface area is 243 Å². The maximum atomic E-state index is 14.7. The van der Waals surface area contributed by atoms with E-state index >= 15 is 0 Å². The Morgan fingerprint density at radius 2 is 1.71 bits per heavy atom. The van der Waals surface area contributed by atoms with Crippen LogP contribution in [0.5, 0.6) is 0 Å². The molecule has 12 heteroatoms. The third-order valence-electron chi connectivity index (χ3n) is 6.79. The highest BCUT2D eigenvalue weighted by Gasteiger charge is 2.23. The average Bonchev–Trinajstić information content (AvgIpc) is 3.39. The molecule has 0 radical (unpaired) electrons. The van der Waals surface area contributed by atoms with Gasteiger partial charge in [-0.15, -0.1) is 0 Å². The van der Waals surface area contributed by atoms with Gasteiger partial charge >= 0.3 is 5.69 Å². The highest BCUT2D eigenvalue weighted by Crippen LogP contribution is 2.30. The van der Waals surface area contributed by atoms with Gasteiger partial charge in [0, 0.05) is 22.6 Å². The summed E-state index contributed by atoms with van der Waals surface area (Å²) in [5.74, 6) is -0.538. The predicted octanol–water partition coefficient (Wildman–Crippen LogP) is 5.29. The van der Waals surface area contributed by atoms with Gasteiger partial charge in [-0.25, -0.2) is 22.6 Å². The molecule has 3 aromatic carbocycles. The normalized spacial score (nSPS) is 12.5. The highest BCUT2D eigenvalue weighted by molar-refractivity contribution is 9.10. The average molecular weight is 641 g/mol. The summed E-state index contributed by atoms with van der Waals surface area (Å²) in [6, 6.07) is 19.4. The van der Waals surface area contributed by atoms with Gasteiger partial charge < -0.3 is 4.98 Å². The molecule has 1 unspecified atom stereocenters. The van der Waals surface area contributed by atoms with Crippen LogP contribution in [0.15, 0.2) is 91.8 Å². The fourth-order valence-corrected chi connectivity index (χ4v) is 5.94. The molecule has 9 nitrogen and oxygen atoms in total. The van der Waals surface area contributed by atoms with Crippen LogP contribution in [0.2, 0.25) is 0 Å². The summed E-state index contributed by atoms with van der Waals surface area (Å²) in [5.41, 5.74) is 0.762. The summed E-state index contributed by atoms with van der Waals surface area (Å²) < 4.78 is 45.2. The number of imidazole rings is 1. The standard InChI is InChI=1S/C29H27BrFN5O4S/c1-2-3-16-36-27-25(28(37)34-29(36)38)32-26(33-27)23(17-19-6-4-5-7-24(19)31)18-8-12-21(13-9-18)35-41(39,40)22-14-10-20(30)11-15-22/h4-15,23,35H,2-3,16-17H2,1H3,(H,32,33)(H,34,37,38). The lowest BCUT2D eigenvalue weighted by Gasteiger charge is -2.17. The summed E-state index contributed by atoms with van der Waals surface area (Å²) in [7, 11) is -3.82. The second kappa shape index (κ2) is 11.8. The molecule has 41 heavy (non-hydrogen) atoms. The Hall–Kier alpha value is -4.03. The number of halogens is 2. The number of anilines is 1. The number of H-pyrrole nitrogens is 2. The van der Waals surface area contributed by atoms with Crippen LogP contribution in [0.4, 0.5) is 10.1 Å². The first kappa shape index (κ1) is 28.5. The molecular weight excluding hydrogens is 613 g/mol. The molecule has 2 heterocycles. The van der Waals surface area contributed by atoms with Gasteiger partial charge in [-0.1, -0.05) is 59.6 Å². The second-order valence-electron chi connectivity index (χ2n) is 9.61. The molecule has 0 spiro atoms. The van der Waals surface area contributed by atoms with Crippen molar-refractivity contribution in [2.45, 2.75) is 43.5 Å². The lowest BCUT2D eigenvalue weighted by atomic mass is 9.91. The number of fused-ring (bicyclic) bond motifs is 1. The molecule has 5 rings (SSSR count). The number of sulfonamides is 1. The Kier molecular flexibility index (Phi) is 8.22. The molecule has 1 atom stereocenters. The minimum absolute atomic E-state index is 0.115. The van der Waals surface area contributed by atoms with Crippen LogP contribution >= 0.6 is 15.9 Å². The largest absolute Gasteiger partial charge is 0.336 e. The van der Waals surface area contributed by atoms with Gasteiger partial charge in [0.25, 0.3) is 15.6 Å². The molecule has 3 N–H and O–H groups in total. The first-order chi connectivity index (χ1) is 19.7. The smallest absolute Gasteiger partial charge is 0.330 e. The second-order valence-corrected chi connectivity index (χ2v) is 12.2. The van der Waals surface area contributed by atoms with E-state index in [9.17, 15) is 22.4 Å². The fraction of sp³-hybridized carbons (Fsp3) is 0.207. The van der Waals surface area contributed by atoms with Crippen LogP contribution in [-0.4, -0.2) is 27.9 Å². The van der Waals surface area contributed by atoms with Gasteiger partial charge in [-0.2, -0.15) is 0 Å². The van der Waals surface area contributed by atoms with Crippen LogP contribution in [0.25, 0.3) is 11.2 Å². The van der Waals surface area contributed by atoms with Gasteiger partial charge in [-0.3, -0.25) is 19.1 Å². The van der Waals surface area contributed by atoms with E-state index in [0.717, 1.165) is 17.3 Å². The lowest BCUT2D eigenvalue weighted by molar-refractivity contribution is 0.597. The number of aromatic amines is 2. The molecule has 2 aromatic heterocycles. The fourth-order valence-electron chi connectivity index (χ4n) is 4.62. The zero-order valence-corrected chi connectivity index (χ0v) is 24.4. The first-order valence-electron chi connectivity index (χ1n) is 13.0. The molecule has 212 valence electrons. The highest BCUT2D eigenvalue weighted by atomic mass is 79.9. The van der Waals surface area contributed by atoms with Gasteiger partial charge in [0.15, 0.2) is 5.65 Å².